The molecule has 1 unspecified atom stereocenters. The summed E-state index contributed by atoms with van der Waals surface area (Å²) in [6.07, 6.45) is 2.15. The Balaban J connectivity index is 1.72. The van der Waals surface area contributed by atoms with Crippen molar-refractivity contribution in [3.63, 3.8) is 0 Å². The van der Waals surface area contributed by atoms with E-state index in [9.17, 15) is 13.2 Å². The SMILES string of the molecule is CCN(c1ccc(C(=O)Nc2cccc(C)c2)cn1)C1CCS(=O)(=O)C1. The maximum Gasteiger partial charge on any atom is 0.257 e. The fraction of sp³-hybridized carbons (Fsp3) is 0.368. The molecular weight excluding hydrogens is 350 g/mol. The van der Waals surface area contributed by atoms with Gasteiger partial charge in [0.2, 0.25) is 0 Å². The molecule has 1 amide bonds. The first-order valence-electron chi connectivity index (χ1n) is 8.69. The first-order chi connectivity index (χ1) is 12.4. The Morgan fingerprint density at radius 1 is 1.31 bits per heavy atom. The highest BCUT2D eigenvalue weighted by molar-refractivity contribution is 7.91. The Labute approximate surface area is 154 Å². The molecule has 1 N–H and O–H groups in total. The minimum Gasteiger partial charge on any atom is -0.353 e. The van der Waals surface area contributed by atoms with Crippen LogP contribution in [-0.4, -0.2) is 43.4 Å². The minimum absolute atomic E-state index is 0.0514. The highest BCUT2D eigenvalue weighted by atomic mass is 32.2. The molecule has 0 bridgehead atoms. The molecule has 0 spiro atoms. The summed E-state index contributed by atoms with van der Waals surface area (Å²) in [4.78, 5) is 18.8. The average molecular weight is 373 g/mol. The number of nitrogens with zero attached hydrogens (tertiary/aromatic N) is 2. The van der Waals surface area contributed by atoms with Crippen LogP contribution in [0.4, 0.5) is 11.5 Å². The van der Waals surface area contributed by atoms with Crippen molar-refractivity contribution in [2.24, 2.45) is 0 Å². The van der Waals surface area contributed by atoms with Gasteiger partial charge in [-0.2, -0.15) is 0 Å². The van der Waals surface area contributed by atoms with Crippen LogP contribution in [-0.2, 0) is 9.84 Å². The number of aryl methyl sites for hydroxylation is 1. The Bertz CT molecular complexity index is 895. The van der Waals surface area contributed by atoms with Crippen molar-refractivity contribution < 1.29 is 13.2 Å². The van der Waals surface area contributed by atoms with Crippen molar-refractivity contribution in [3.05, 3.63) is 53.7 Å². The second-order valence-electron chi connectivity index (χ2n) is 6.57. The van der Waals surface area contributed by atoms with Gasteiger partial charge in [-0.25, -0.2) is 13.4 Å². The smallest absolute Gasteiger partial charge is 0.257 e. The van der Waals surface area contributed by atoms with Crippen LogP contribution >= 0.6 is 0 Å². The van der Waals surface area contributed by atoms with E-state index in [1.807, 2.05) is 43.0 Å². The van der Waals surface area contributed by atoms with E-state index in [1.165, 1.54) is 6.20 Å². The van der Waals surface area contributed by atoms with Gasteiger partial charge in [0.1, 0.15) is 5.82 Å². The lowest BCUT2D eigenvalue weighted by Crippen LogP contribution is -2.36. The number of pyridine rings is 1. The number of carbonyl (C=O) groups is 1. The fourth-order valence-electron chi connectivity index (χ4n) is 3.24. The zero-order valence-corrected chi connectivity index (χ0v) is 15.8. The van der Waals surface area contributed by atoms with E-state index in [1.54, 1.807) is 12.1 Å². The summed E-state index contributed by atoms with van der Waals surface area (Å²) in [6.45, 7) is 4.61. The first kappa shape index (κ1) is 18.4. The molecule has 1 saturated heterocycles. The van der Waals surface area contributed by atoms with Crippen molar-refractivity contribution in [1.82, 2.24) is 4.98 Å². The predicted molar refractivity (Wildman–Crippen MR) is 103 cm³/mol. The van der Waals surface area contributed by atoms with Gasteiger partial charge in [-0.15, -0.1) is 0 Å². The van der Waals surface area contributed by atoms with Crippen molar-refractivity contribution in [3.8, 4) is 0 Å². The number of sulfone groups is 1. The molecule has 1 atom stereocenters. The van der Waals surface area contributed by atoms with Gasteiger partial charge in [-0.05, 0) is 50.1 Å². The van der Waals surface area contributed by atoms with Gasteiger partial charge in [-0.1, -0.05) is 12.1 Å². The van der Waals surface area contributed by atoms with Crippen molar-refractivity contribution >= 4 is 27.2 Å². The van der Waals surface area contributed by atoms with Crippen molar-refractivity contribution in [2.75, 3.05) is 28.3 Å². The van der Waals surface area contributed by atoms with Gasteiger partial charge in [0.25, 0.3) is 5.91 Å². The van der Waals surface area contributed by atoms with Crippen LogP contribution in [0.3, 0.4) is 0 Å². The van der Waals surface area contributed by atoms with Gasteiger partial charge in [0.15, 0.2) is 9.84 Å². The summed E-state index contributed by atoms with van der Waals surface area (Å²) >= 11 is 0. The van der Waals surface area contributed by atoms with E-state index in [0.717, 1.165) is 11.3 Å². The number of benzene rings is 1. The van der Waals surface area contributed by atoms with Crippen molar-refractivity contribution in [1.29, 1.82) is 0 Å². The van der Waals surface area contributed by atoms with Gasteiger partial charge in [0.05, 0.1) is 17.1 Å². The maximum absolute atomic E-state index is 12.4. The quantitative estimate of drug-likeness (QED) is 0.872. The molecule has 138 valence electrons. The highest BCUT2D eigenvalue weighted by Crippen LogP contribution is 2.23. The molecule has 1 fully saturated rings. The van der Waals surface area contributed by atoms with E-state index in [-0.39, 0.29) is 23.5 Å². The first-order valence-corrected chi connectivity index (χ1v) is 10.5. The van der Waals surface area contributed by atoms with Crippen LogP contribution < -0.4 is 10.2 Å². The molecule has 1 aromatic heterocycles. The average Bonchev–Trinajstić information content (AvgIpc) is 2.96. The zero-order chi connectivity index (χ0) is 18.7. The Morgan fingerprint density at radius 3 is 2.69 bits per heavy atom. The summed E-state index contributed by atoms with van der Waals surface area (Å²) in [7, 11) is -2.95. The summed E-state index contributed by atoms with van der Waals surface area (Å²) in [6, 6.07) is 11.0. The second-order valence-corrected chi connectivity index (χ2v) is 8.80. The van der Waals surface area contributed by atoms with Crippen LogP contribution in [0.1, 0.15) is 29.3 Å². The van der Waals surface area contributed by atoms with E-state index in [2.05, 4.69) is 10.3 Å². The van der Waals surface area contributed by atoms with Gasteiger partial charge in [0, 0.05) is 24.5 Å². The van der Waals surface area contributed by atoms with E-state index >= 15 is 0 Å². The Hall–Kier alpha value is -2.41. The lowest BCUT2D eigenvalue weighted by Gasteiger charge is -2.27. The molecule has 1 aliphatic heterocycles. The van der Waals surface area contributed by atoms with E-state index < -0.39 is 9.84 Å². The number of hydrogen-bond donors (Lipinski definition) is 1. The number of nitrogens with one attached hydrogen (secondary N) is 1. The van der Waals surface area contributed by atoms with Crippen LogP contribution in [0.15, 0.2) is 42.6 Å². The molecule has 0 aliphatic carbocycles. The summed E-state index contributed by atoms with van der Waals surface area (Å²) in [5.74, 6) is 0.867. The molecule has 2 heterocycles. The number of amides is 1. The number of aromatic nitrogens is 1. The minimum atomic E-state index is -2.95. The van der Waals surface area contributed by atoms with E-state index in [0.29, 0.717) is 24.3 Å². The third kappa shape index (κ3) is 4.22. The van der Waals surface area contributed by atoms with Crippen LogP contribution in [0.25, 0.3) is 0 Å². The number of hydrogen-bond acceptors (Lipinski definition) is 5. The zero-order valence-electron chi connectivity index (χ0n) is 15.0. The highest BCUT2D eigenvalue weighted by Gasteiger charge is 2.32. The predicted octanol–water partition coefficient (Wildman–Crippen LogP) is 2.66. The second kappa shape index (κ2) is 7.45. The van der Waals surface area contributed by atoms with Crippen LogP contribution in [0, 0.1) is 6.92 Å². The largest absolute Gasteiger partial charge is 0.353 e. The summed E-state index contributed by atoms with van der Waals surface area (Å²) < 4.78 is 23.5. The number of carbonyl (C=O) groups excluding carboxylic acids is 1. The van der Waals surface area contributed by atoms with Gasteiger partial charge in [-0.3, -0.25) is 4.79 Å². The Kier molecular flexibility index (Phi) is 5.27. The molecule has 3 rings (SSSR count). The third-order valence-corrected chi connectivity index (χ3v) is 6.32. The monoisotopic (exact) mass is 373 g/mol. The van der Waals surface area contributed by atoms with Crippen LogP contribution in [0.2, 0.25) is 0 Å². The normalized spacial score (nSPS) is 18.5. The molecule has 0 saturated carbocycles. The molecule has 1 aliphatic rings. The molecule has 6 nitrogen and oxygen atoms in total. The maximum atomic E-state index is 12.4. The molecule has 26 heavy (non-hydrogen) atoms. The topological polar surface area (TPSA) is 79.4 Å². The number of rotatable bonds is 5. The standard InChI is InChI=1S/C19H23N3O3S/c1-3-22(17-9-10-26(24,25)13-17)18-8-7-15(12-20-18)19(23)21-16-6-4-5-14(2)11-16/h4-8,11-12,17H,3,9-10,13H2,1-2H3,(H,21,23). The molecule has 2 aromatic rings. The molecule has 0 radical (unpaired) electrons. The fourth-order valence-corrected chi connectivity index (χ4v) is 4.98. The van der Waals surface area contributed by atoms with E-state index in [4.69, 9.17) is 0 Å². The summed E-state index contributed by atoms with van der Waals surface area (Å²) in [5.41, 5.74) is 2.28. The van der Waals surface area contributed by atoms with Crippen LogP contribution in [0.5, 0.6) is 0 Å². The van der Waals surface area contributed by atoms with Gasteiger partial charge >= 0.3 is 0 Å². The Morgan fingerprint density at radius 2 is 2.12 bits per heavy atom. The third-order valence-electron chi connectivity index (χ3n) is 4.57. The molecule has 1 aromatic carbocycles. The lowest BCUT2D eigenvalue weighted by molar-refractivity contribution is 0.102. The lowest BCUT2D eigenvalue weighted by atomic mass is 10.2. The van der Waals surface area contributed by atoms with Crippen molar-refractivity contribution in [2.45, 2.75) is 26.3 Å². The molecular formula is C19H23N3O3S. The van der Waals surface area contributed by atoms with Gasteiger partial charge < -0.3 is 10.2 Å². The molecule has 7 heteroatoms. The summed E-state index contributed by atoms with van der Waals surface area (Å²) in [5, 5.41) is 2.86. The number of anilines is 2.